The van der Waals surface area contributed by atoms with E-state index in [1.54, 1.807) is 4.68 Å². The molecule has 1 aromatic rings. The van der Waals surface area contributed by atoms with Gasteiger partial charge in [0.1, 0.15) is 5.82 Å². The molecule has 3 heterocycles. The van der Waals surface area contributed by atoms with Crippen molar-refractivity contribution in [3.05, 3.63) is 23.9 Å². The van der Waals surface area contributed by atoms with Gasteiger partial charge in [-0.2, -0.15) is 5.10 Å². The number of aromatic nitrogens is 2. The molecule has 2 amide bonds. The second-order valence-electron chi connectivity index (χ2n) is 7.92. The Kier molecular flexibility index (Phi) is 5.04. The van der Waals surface area contributed by atoms with Crippen LogP contribution >= 0.6 is 0 Å². The zero-order chi connectivity index (χ0) is 19.0. The molecule has 7 heteroatoms. The van der Waals surface area contributed by atoms with E-state index in [1.807, 2.05) is 29.8 Å². The molecule has 1 atom stereocenters. The number of amides is 2. The smallest absolute Gasteiger partial charge is 0.245 e. The molecule has 2 aliphatic heterocycles. The molecule has 0 N–H and O–H groups in total. The fourth-order valence-corrected chi connectivity index (χ4v) is 4.60. The molecule has 0 aromatic carbocycles. The lowest BCUT2D eigenvalue weighted by Gasteiger charge is -2.42. The first-order valence-corrected chi connectivity index (χ1v) is 10.0. The van der Waals surface area contributed by atoms with Gasteiger partial charge in [-0.3, -0.25) is 24.1 Å². The molecule has 0 unspecified atom stereocenters. The number of carbonyl (C=O) groups is 2. The van der Waals surface area contributed by atoms with Crippen LogP contribution in [0.4, 0.5) is 5.82 Å². The van der Waals surface area contributed by atoms with Crippen LogP contribution in [0, 0.1) is 12.8 Å². The van der Waals surface area contributed by atoms with Crippen LogP contribution < -0.4 is 4.90 Å². The van der Waals surface area contributed by atoms with Crippen LogP contribution in [0.1, 0.15) is 31.4 Å². The summed E-state index contributed by atoms with van der Waals surface area (Å²) in [6.07, 6.45) is 7.85. The van der Waals surface area contributed by atoms with Gasteiger partial charge in [0, 0.05) is 51.8 Å². The van der Waals surface area contributed by atoms with Gasteiger partial charge in [0.05, 0.1) is 11.7 Å². The fourth-order valence-electron chi connectivity index (χ4n) is 4.60. The Morgan fingerprint density at radius 3 is 2.44 bits per heavy atom. The zero-order valence-corrected chi connectivity index (χ0v) is 16.3. The highest BCUT2D eigenvalue weighted by atomic mass is 16.2. The molecule has 1 aliphatic carbocycles. The molecule has 4 rings (SSSR count). The second kappa shape index (κ2) is 7.46. The van der Waals surface area contributed by atoms with Crippen molar-refractivity contribution in [1.82, 2.24) is 19.6 Å². The Labute approximate surface area is 160 Å². The summed E-state index contributed by atoms with van der Waals surface area (Å²) in [5.41, 5.74) is 0.927. The fraction of sp³-hybridized carbons (Fsp3) is 0.650. The third-order valence-electron chi connectivity index (χ3n) is 6.09. The summed E-state index contributed by atoms with van der Waals surface area (Å²) in [6, 6.07) is 1.89. The summed E-state index contributed by atoms with van der Waals surface area (Å²) >= 11 is 0. The van der Waals surface area contributed by atoms with Gasteiger partial charge >= 0.3 is 0 Å². The van der Waals surface area contributed by atoms with E-state index >= 15 is 0 Å². The minimum atomic E-state index is -0.0839. The second-order valence-corrected chi connectivity index (χ2v) is 7.92. The number of carbonyl (C=O) groups excluding carboxylic acids is 2. The molecule has 7 nitrogen and oxygen atoms in total. The van der Waals surface area contributed by atoms with Gasteiger partial charge in [0.15, 0.2) is 0 Å². The standard InChI is InChI=1S/C20H29N5O2/c1-15-14-18(22(2)21-15)25-9-5-8-17(20(25)27)23-10-12-24(13-11-23)19(26)16-6-3-4-7-16/h3-4,14,16-17H,5-13H2,1-2H3/t17-/m1/s1. The molecule has 27 heavy (non-hydrogen) atoms. The number of allylic oxidation sites excluding steroid dienone is 2. The first kappa shape index (κ1) is 18.2. The predicted octanol–water partition coefficient (Wildman–Crippen LogP) is 1.33. The van der Waals surface area contributed by atoms with Gasteiger partial charge in [-0.15, -0.1) is 0 Å². The molecule has 0 bridgehead atoms. The monoisotopic (exact) mass is 371 g/mol. The largest absolute Gasteiger partial charge is 0.340 e. The molecule has 2 saturated heterocycles. The van der Waals surface area contributed by atoms with Crippen molar-refractivity contribution in [2.24, 2.45) is 13.0 Å². The van der Waals surface area contributed by atoms with Crippen molar-refractivity contribution in [2.45, 2.75) is 38.6 Å². The molecule has 2 fully saturated rings. The molecule has 3 aliphatic rings. The maximum absolute atomic E-state index is 13.2. The van der Waals surface area contributed by atoms with Crippen molar-refractivity contribution >= 4 is 17.6 Å². The molecule has 146 valence electrons. The highest BCUT2D eigenvalue weighted by Gasteiger charge is 2.37. The number of piperazine rings is 1. The Bertz CT molecular complexity index is 740. The zero-order valence-electron chi connectivity index (χ0n) is 16.3. The van der Waals surface area contributed by atoms with Crippen LogP contribution in [0.25, 0.3) is 0 Å². The average Bonchev–Trinajstić information content (AvgIpc) is 3.31. The minimum absolute atomic E-state index is 0.0839. The van der Waals surface area contributed by atoms with E-state index in [4.69, 9.17) is 0 Å². The lowest BCUT2D eigenvalue weighted by molar-refractivity contribution is -0.138. The van der Waals surface area contributed by atoms with E-state index in [1.165, 1.54) is 0 Å². The van der Waals surface area contributed by atoms with E-state index in [0.717, 1.165) is 69.9 Å². The van der Waals surface area contributed by atoms with Gasteiger partial charge < -0.3 is 4.90 Å². The van der Waals surface area contributed by atoms with Gasteiger partial charge in [0.2, 0.25) is 11.8 Å². The third kappa shape index (κ3) is 3.52. The number of piperidine rings is 1. The maximum Gasteiger partial charge on any atom is 0.245 e. The lowest BCUT2D eigenvalue weighted by Crippen LogP contribution is -2.59. The Hall–Kier alpha value is -2.15. The summed E-state index contributed by atoms with van der Waals surface area (Å²) in [5, 5.41) is 4.39. The number of hydrogen-bond donors (Lipinski definition) is 0. The quantitative estimate of drug-likeness (QED) is 0.752. The maximum atomic E-state index is 13.2. The van der Waals surface area contributed by atoms with Gasteiger partial charge in [-0.05, 0) is 32.6 Å². The summed E-state index contributed by atoms with van der Waals surface area (Å²) in [6.45, 7) is 5.71. The first-order valence-electron chi connectivity index (χ1n) is 10.0. The molecular weight excluding hydrogens is 342 g/mol. The number of hydrogen-bond acceptors (Lipinski definition) is 4. The van der Waals surface area contributed by atoms with E-state index in [-0.39, 0.29) is 23.8 Å². The van der Waals surface area contributed by atoms with E-state index in [9.17, 15) is 9.59 Å². The van der Waals surface area contributed by atoms with Crippen molar-refractivity contribution in [3.63, 3.8) is 0 Å². The number of rotatable bonds is 3. The first-order chi connectivity index (χ1) is 13.0. The Morgan fingerprint density at radius 2 is 1.81 bits per heavy atom. The summed E-state index contributed by atoms with van der Waals surface area (Å²) in [5.74, 6) is 1.46. The Morgan fingerprint density at radius 1 is 1.11 bits per heavy atom. The van der Waals surface area contributed by atoms with E-state index in [0.29, 0.717) is 0 Å². The molecule has 1 aromatic heterocycles. The molecule has 0 spiro atoms. The van der Waals surface area contributed by atoms with Crippen molar-refractivity contribution in [3.8, 4) is 0 Å². The van der Waals surface area contributed by atoms with Crippen LogP contribution in [0.3, 0.4) is 0 Å². The Balaban J connectivity index is 1.38. The van der Waals surface area contributed by atoms with Crippen LogP contribution in [-0.4, -0.2) is 70.2 Å². The van der Waals surface area contributed by atoms with Crippen LogP contribution in [-0.2, 0) is 16.6 Å². The summed E-state index contributed by atoms with van der Waals surface area (Å²) < 4.78 is 1.79. The van der Waals surface area contributed by atoms with Crippen molar-refractivity contribution < 1.29 is 9.59 Å². The number of anilines is 1. The van der Waals surface area contributed by atoms with Crippen LogP contribution in [0.2, 0.25) is 0 Å². The van der Waals surface area contributed by atoms with Crippen molar-refractivity contribution in [1.29, 1.82) is 0 Å². The van der Waals surface area contributed by atoms with Gasteiger partial charge in [0.25, 0.3) is 0 Å². The van der Waals surface area contributed by atoms with E-state index < -0.39 is 0 Å². The summed E-state index contributed by atoms with van der Waals surface area (Å²) in [4.78, 5) is 31.9. The van der Waals surface area contributed by atoms with Crippen molar-refractivity contribution in [2.75, 3.05) is 37.6 Å². The third-order valence-corrected chi connectivity index (χ3v) is 6.09. The van der Waals surface area contributed by atoms with Gasteiger partial charge in [-0.1, -0.05) is 12.2 Å². The lowest BCUT2D eigenvalue weighted by atomic mass is 10.0. The molecule has 0 saturated carbocycles. The minimum Gasteiger partial charge on any atom is -0.340 e. The number of nitrogens with zero attached hydrogens (tertiary/aromatic N) is 5. The van der Waals surface area contributed by atoms with Crippen LogP contribution in [0.5, 0.6) is 0 Å². The SMILES string of the molecule is Cc1cc(N2CCC[C@@H](N3CCN(C(=O)C4CC=CC4)CC3)C2=O)n(C)n1. The normalized spacial score (nSPS) is 24.8. The van der Waals surface area contributed by atoms with Gasteiger partial charge in [-0.25, -0.2) is 0 Å². The predicted molar refractivity (Wildman–Crippen MR) is 103 cm³/mol. The van der Waals surface area contributed by atoms with Crippen LogP contribution in [0.15, 0.2) is 18.2 Å². The van der Waals surface area contributed by atoms with E-state index in [2.05, 4.69) is 22.2 Å². The topological polar surface area (TPSA) is 61.7 Å². The average molecular weight is 371 g/mol. The highest BCUT2D eigenvalue weighted by molar-refractivity contribution is 5.97. The molecule has 0 radical (unpaired) electrons. The highest BCUT2D eigenvalue weighted by Crippen LogP contribution is 2.26. The molecular formula is C20H29N5O2. The number of aryl methyl sites for hydroxylation is 2. The summed E-state index contributed by atoms with van der Waals surface area (Å²) in [7, 11) is 1.89.